The molecule has 7 nitrogen and oxygen atoms in total. The number of hydrogen-bond acceptors (Lipinski definition) is 5. The Morgan fingerprint density at radius 2 is 1.96 bits per heavy atom. The van der Waals surface area contributed by atoms with E-state index in [1.807, 2.05) is 48.3 Å². The number of hydrogen-bond donors (Lipinski definition) is 2. The van der Waals surface area contributed by atoms with Gasteiger partial charge in [-0.05, 0) is 30.3 Å². The van der Waals surface area contributed by atoms with Crippen LogP contribution in [0.5, 0.6) is 0 Å². The fourth-order valence-electron chi connectivity index (χ4n) is 2.45. The van der Waals surface area contributed by atoms with Crippen LogP contribution >= 0.6 is 0 Å². The van der Waals surface area contributed by atoms with Crippen molar-refractivity contribution in [3.63, 3.8) is 0 Å². The third-order valence-electron chi connectivity index (χ3n) is 3.54. The van der Waals surface area contributed by atoms with Crippen molar-refractivity contribution in [3.8, 4) is 16.9 Å². The van der Waals surface area contributed by atoms with Crippen molar-refractivity contribution in [1.29, 1.82) is 0 Å². The van der Waals surface area contributed by atoms with E-state index in [-0.39, 0.29) is 0 Å². The van der Waals surface area contributed by atoms with Gasteiger partial charge in [-0.2, -0.15) is 10.2 Å². The Hall–Kier alpha value is -3.22. The summed E-state index contributed by atoms with van der Waals surface area (Å²) >= 11 is 0. The van der Waals surface area contributed by atoms with E-state index in [4.69, 9.17) is 0 Å². The molecule has 0 atom stereocenters. The zero-order chi connectivity index (χ0) is 17.6. The van der Waals surface area contributed by atoms with Gasteiger partial charge in [0, 0.05) is 30.4 Å². The van der Waals surface area contributed by atoms with E-state index < -0.39 is 0 Å². The summed E-state index contributed by atoms with van der Waals surface area (Å²) in [6.07, 6.45) is 6.70. The second kappa shape index (κ2) is 7.57. The van der Waals surface area contributed by atoms with Crippen molar-refractivity contribution in [1.82, 2.24) is 30.2 Å². The van der Waals surface area contributed by atoms with Gasteiger partial charge in [0.1, 0.15) is 5.82 Å². The Morgan fingerprint density at radius 1 is 1.12 bits per heavy atom. The predicted octanol–water partition coefficient (Wildman–Crippen LogP) is 3.66. The van der Waals surface area contributed by atoms with Gasteiger partial charge in [-0.3, -0.25) is 5.10 Å². The summed E-state index contributed by atoms with van der Waals surface area (Å²) < 4.78 is 1.82. The first-order valence-corrected chi connectivity index (χ1v) is 8.26. The normalized spacial score (nSPS) is 10.4. The van der Waals surface area contributed by atoms with Gasteiger partial charge in [0.2, 0.25) is 0 Å². The Labute approximate surface area is 146 Å². The van der Waals surface area contributed by atoms with E-state index >= 15 is 0 Å². The standard InChI is InChI=1S/C15H13N7.C3H8/c1-16-14-6-4-12(19-20-14)10-3-5-13(22-8-2-7-18-22)11-9-17-21-15(10)11;1-3-2/h2-9H,1H3,(H,16,20)(H,17,21);3H2,1-2H3. The average molecular weight is 335 g/mol. The highest BCUT2D eigenvalue weighted by atomic mass is 15.3. The number of nitrogens with one attached hydrogen (secondary N) is 2. The second-order valence-corrected chi connectivity index (χ2v) is 5.50. The maximum absolute atomic E-state index is 4.28. The van der Waals surface area contributed by atoms with E-state index in [1.165, 1.54) is 6.42 Å². The molecule has 0 spiro atoms. The van der Waals surface area contributed by atoms with Crippen LogP contribution in [0.25, 0.3) is 27.8 Å². The number of anilines is 1. The Balaban J connectivity index is 0.000000569. The van der Waals surface area contributed by atoms with Crippen molar-refractivity contribution < 1.29 is 0 Å². The SMILES string of the molecule is CCC.CNc1ccc(-c2ccc(-n3cccn3)c3cn[nH]c23)nn1. The van der Waals surface area contributed by atoms with Crippen LogP contribution in [0.2, 0.25) is 0 Å². The third-order valence-corrected chi connectivity index (χ3v) is 3.54. The highest BCUT2D eigenvalue weighted by Crippen LogP contribution is 2.29. The number of aromatic nitrogens is 6. The Kier molecular flexibility index (Phi) is 5.03. The largest absolute Gasteiger partial charge is 0.372 e. The number of fused-ring (bicyclic) bond motifs is 1. The topological polar surface area (TPSA) is 84.3 Å². The minimum atomic E-state index is 0.734. The monoisotopic (exact) mass is 335 g/mol. The lowest BCUT2D eigenvalue weighted by Gasteiger charge is -2.07. The quantitative estimate of drug-likeness (QED) is 0.597. The summed E-state index contributed by atoms with van der Waals surface area (Å²) in [6, 6.07) is 9.73. The highest BCUT2D eigenvalue weighted by molar-refractivity contribution is 5.97. The maximum Gasteiger partial charge on any atom is 0.148 e. The maximum atomic E-state index is 4.28. The molecule has 2 N–H and O–H groups in total. The minimum absolute atomic E-state index is 0.734. The fourth-order valence-corrected chi connectivity index (χ4v) is 2.45. The molecule has 0 saturated carbocycles. The van der Waals surface area contributed by atoms with E-state index in [2.05, 4.69) is 44.7 Å². The molecule has 0 aliphatic carbocycles. The minimum Gasteiger partial charge on any atom is -0.372 e. The molecule has 128 valence electrons. The number of rotatable bonds is 3. The summed E-state index contributed by atoms with van der Waals surface area (Å²) in [5.41, 5.74) is 3.63. The van der Waals surface area contributed by atoms with Gasteiger partial charge >= 0.3 is 0 Å². The van der Waals surface area contributed by atoms with E-state index in [9.17, 15) is 0 Å². The lowest BCUT2D eigenvalue weighted by atomic mass is 10.1. The molecule has 7 heteroatoms. The lowest BCUT2D eigenvalue weighted by Crippen LogP contribution is -1.97. The molecule has 1 aromatic carbocycles. The Bertz CT molecular complexity index is 924. The molecule has 3 aromatic heterocycles. The molecule has 4 rings (SSSR count). The molecule has 0 amide bonds. The molecule has 0 radical (unpaired) electrons. The number of nitrogens with zero attached hydrogens (tertiary/aromatic N) is 5. The lowest BCUT2D eigenvalue weighted by molar-refractivity contribution is 0.888. The summed E-state index contributed by atoms with van der Waals surface area (Å²) in [5.74, 6) is 0.734. The van der Waals surface area contributed by atoms with Crippen LogP contribution in [-0.2, 0) is 0 Å². The van der Waals surface area contributed by atoms with Crippen LogP contribution in [0.1, 0.15) is 20.3 Å². The van der Waals surface area contributed by atoms with Gasteiger partial charge in [0.25, 0.3) is 0 Å². The van der Waals surface area contributed by atoms with Crippen molar-refractivity contribution in [2.24, 2.45) is 0 Å². The second-order valence-electron chi connectivity index (χ2n) is 5.50. The van der Waals surface area contributed by atoms with Gasteiger partial charge in [-0.1, -0.05) is 20.3 Å². The molecular weight excluding hydrogens is 314 g/mol. The zero-order valence-electron chi connectivity index (χ0n) is 14.6. The number of aromatic amines is 1. The molecule has 0 unspecified atom stereocenters. The summed E-state index contributed by atoms with van der Waals surface area (Å²) in [7, 11) is 1.82. The first-order chi connectivity index (χ1) is 12.3. The van der Waals surface area contributed by atoms with E-state index in [0.29, 0.717) is 0 Å². The van der Waals surface area contributed by atoms with Gasteiger partial charge < -0.3 is 5.32 Å². The average Bonchev–Trinajstić information content (AvgIpc) is 3.33. The van der Waals surface area contributed by atoms with Gasteiger partial charge in [-0.15, -0.1) is 10.2 Å². The summed E-state index contributed by atoms with van der Waals surface area (Å²) in [6.45, 7) is 4.25. The van der Waals surface area contributed by atoms with Gasteiger partial charge in [0.05, 0.1) is 23.1 Å². The third kappa shape index (κ3) is 3.35. The van der Waals surface area contributed by atoms with Crippen molar-refractivity contribution in [3.05, 3.63) is 48.9 Å². The smallest absolute Gasteiger partial charge is 0.148 e. The molecular formula is C18H21N7. The van der Waals surface area contributed by atoms with Crippen molar-refractivity contribution in [2.75, 3.05) is 12.4 Å². The Morgan fingerprint density at radius 3 is 2.60 bits per heavy atom. The summed E-state index contributed by atoms with van der Waals surface area (Å²) in [4.78, 5) is 0. The fraction of sp³-hybridized carbons (Fsp3) is 0.222. The summed E-state index contributed by atoms with van der Waals surface area (Å²) in [5, 5.41) is 23.8. The van der Waals surface area contributed by atoms with Crippen LogP contribution in [-0.4, -0.2) is 37.2 Å². The van der Waals surface area contributed by atoms with Crippen molar-refractivity contribution >= 4 is 16.7 Å². The molecule has 0 aliphatic heterocycles. The molecule has 0 saturated heterocycles. The first kappa shape index (κ1) is 16.6. The van der Waals surface area contributed by atoms with Crippen LogP contribution in [0.4, 0.5) is 5.82 Å². The number of H-pyrrole nitrogens is 1. The molecule has 0 bridgehead atoms. The molecule has 25 heavy (non-hydrogen) atoms. The van der Waals surface area contributed by atoms with Crippen LogP contribution in [0.15, 0.2) is 48.9 Å². The first-order valence-electron chi connectivity index (χ1n) is 8.26. The zero-order valence-corrected chi connectivity index (χ0v) is 14.6. The van der Waals surface area contributed by atoms with E-state index in [1.54, 1.807) is 12.4 Å². The molecule has 0 aliphatic rings. The molecule has 3 heterocycles. The molecule has 0 fully saturated rings. The van der Waals surface area contributed by atoms with Gasteiger partial charge in [-0.25, -0.2) is 4.68 Å². The van der Waals surface area contributed by atoms with Crippen LogP contribution in [0, 0.1) is 0 Å². The van der Waals surface area contributed by atoms with Crippen molar-refractivity contribution in [2.45, 2.75) is 20.3 Å². The van der Waals surface area contributed by atoms with Crippen LogP contribution in [0.3, 0.4) is 0 Å². The van der Waals surface area contributed by atoms with Gasteiger partial charge in [0.15, 0.2) is 0 Å². The van der Waals surface area contributed by atoms with E-state index in [0.717, 1.165) is 33.7 Å². The predicted molar refractivity (Wildman–Crippen MR) is 99.8 cm³/mol. The molecule has 4 aromatic rings. The highest BCUT2D eigenvalue weighted by Gasteiger charge is 2.12. The number of benzene rings is 1. The van der Waals surface area contributed by atoms with Crippen LogP contribution < -0.4 is 5.32 Å².